The number of hydrogen-bond acceptors (Lipinski definition) is 6. The molecule has 0 unspecified atom stereocenters. The van der Waals surface area contributed by atoms with Crippen LogP contribution in [-0.4, -0.2) is 25.5 Å². The number of fused-ring (bicyclic) bond motifs is 1. The van der Waals surface area contributed by atoms with Gasteiger partial charge >= 0.3 is 0 Å². The van der Waals surface area contributed by atoms with Gasteiger partial charge in [-0.1, -0.05) is 36.4 Å². The summed E-state index contributed by atoms with van der Waals surface area (Å²) in [6, 6.07) is 20.8. The number of hydrogen-bond donors (Lipinski definition) is 2. The van der Waals surface area contributed by atoms with Gasteiger partial charge in [-0.25, -0.2) is 4.98 Å². The van der Waals surface area contributed by atoms with Crippen LogP contribution in [0.15, 0.2) is 70.9 Å². The van der Waals surface area contributed by atoms with Crippen molar-refractivity contribution in [2.24, 2.45) is 0 Å². The van der Waals surface area contributed by atoms with Gasteiger partial charge in [-0.3, -0.25) is 4.79 Å². The zero-order valence-corrected chi connectivity index (χ0v) is 17.7. The molecule has 146 valence electrons. The Balaban J connectivity index is 1.57. The third-order valence-electron chi connectivity index (χ3n) is 4.46. The second-order valence-corrected chi connectivity index (χ2v) is 8.31. The molecule has 0 fully saturated rings. The molecule has 1 aromatic heterocycles. The normalized spacial score (nSPS) is 10.7. The zero-order valence-electron chi connectivity index (χ0n) is 16.0. The molecule has 0 atom stereocenters. The maximum atomic E-state index is 10.6. The molecule has 1 amide bonds. The first-order valence-corrected chi connectivity index (χ1v) is 10.7. The third kappa shape index (κ3) is 4.21. The van der Waals surface area contributed by atoms with Crippen molar-refractivity contribution in [1.82, 2.24) is 4.98 Å². The van der Waals surface area contributed by atoms with E-state index in [1.54, 1.807) is 11.9 Å². The van der Waals surface area contributed by atoms with Gasteiger partial charge in [-0.05, 0) is 41.6 Å². The molecule has 4 rings (SSSR count). The number of carbonyl (C=O) groups excluding carboxylic acids is 1. The van der Waals surface area contributed by atoms with Gasteiger partial charge in [0, 0.05) is 46.7 Å². The lowest BCUT2D eigenvalue weighted by atomic mass is 10.1. The molecule has 0 radical (unpaired) electrons. The SMILES string of the molecule is CN(C)c1cccc2c(SNc3cccc(-c4csc(NC=O)n4)c3)cccc12. The largest absolute Gasteiger partial charge is 0.377 e. The number of carbonyl (C=O) groups is 1. The highest BCUT2D eigenvalue weighted by atomic mass is 32.2. The summed E-state index contributed by atoms with van der Waals surface area (Å²) in [6.45, 7) is 0. The average molecular weight is 421 g/mol. The Morgan fingerprint density at radius 1 is 1.03 bits per heavy atom. The first-order valence-electron chi connectivity index (χ1n) is 9.04. The predicted molar refractivity (Wildman–Crippen MR) is 125 cm³/mol. The minimum atomic E-state index is 0.593. The molecule has 2 N–H and O–H groups in total. The van der Waals surface area contributed by atoms with Gasteiger partial charge in [0.15, 0.2) is 5.13 Å². The average Bonchev–Trinajstić information content (AvgIpc) is 3.21. The number of benzene rings is 3. The third-order valence-corrected chi connectivity index (χ3v) is 6.15. The molecular weight excluding hydrogens is 400 g/mol. The van der Waals surface area contributed by atoms with E-state index in [9.17, 15) is 4.79 Å². The fourth-order valence-electron chi connectivity index (χ4n) is 3.12. The predicted octanol–water partition coefficient (Wildman–Crippen LogP) is 5.72. The number of thiazole rings is 1. The topological polar surface area (TPSA) is 57.3 Å². The van der Waals surface area contributed by atoms with Gasteiger partial charge in [0.1, 0.15) is 0 Å². The minimum Gasteiger partial charge on any atom is -0.377 e. The van der Waals surface area contributed by atoms with E-state index < -0.39 is 0 Å². The maximum Gasteiger partial charge on any atom is 0.213 e. The Morgan fingerprint density at radius 3 is 2.66 bits per heavy atom. The quantitative estimate of drug-likeness (QED) is 0.296. The summed E-state index contributed by atoms with van der Waals surface area (Å²) in [5, 5.41) is 7.57. The van der Waals surface area contributed by atoms with Crippen molar-refractivity contribution in [2.45, 2.75) is 4.90 Å². The second-order valence-electron chi connectivity index (χ2n) is 6.61. The summed E-state index contributed by atoms with van der Waals surface area (Å²) >= 11 is 3.00. The Hall–Kier alpha value is -3.03. The van der Waals surface area contributed by atoms with Crippen molar-refractivity contribution in [3.8, 4) is 11.3 Å². The van der Waals surface area contributed by atoms with Crippen molar-refractivity contribution in [3.63, 3.8) is 0 Å². The molecule has 0 spiro atoms. The number of aromatic nitrogens is 1. The van der Waals surface area contributed by atoms with E-state index in [1.165, 1.54) is 32.7 Å². The Morgan fingerprint density at radius 2 is 1.83 bits per heavy atom. The lowest BCUT2D eigenvalue weighted by Crippen LogP contribution is -2.08. The first kappa shape index (κ1) is 19.3. The molecule has 0 bridgehead atoms. The smallest absolute Gasteiger partial charge is 0.213 e. The van der Waals surface area contributed by atoms with Crippen LogP contribution in [0.2, 0.25) is 0 Å². The molecule has 3 aromatic carbocycles. The lowest BCUT2D eigenvalue weighted by Gasteiger charge is -2.17. The molecule has 0 aliphatic carbocycles. The van der Waals surface area contributed by atoms with Crippen molar-refractivity contribution >= 4 is 57.0 Å². The highest BCUT2D eigenvalue weighted by Crippen LogP contribution is 2.34. The van der Waals surface area contributed by atoms with E-state index in [4.69, 9.17) is 0 Å². The van der Waals surface area contributed by atoms with Gasteiger partial charge in [0.2, 0.25) is 6.41 Å². The molecule has 4 aromatic rings. The minimum absolute atomic E-state index is 0.593. The molecule has 5 nitrogen and oxygen atoms in total. The Bertz CT molecular complexity index is 1160. The maximum absolute atomic E-state index is 10.6. The van der Waals surface area contributed by atoms with Gasteiger partial charge in [0.05, 0.1) is 5.69 Å². The van der Waals surface area contributed by atoms with Crippen LogP contribution >= 0.6 is 23.3 Å². The van der Waals surface area contributed by atoms with Crippen molar-refractivity contribution in [3.05, 3.63) is 66.0 Å². The molecule has 7 heteroatoms. The summed E-state index contributed by atoms with van der Waals surface area (Å²) < 4.78 is 3.45. The van der Waals surface area contributed by atoms with Crippen LogP contribution in [0, 0.1) is 0 Å². The summed E-state index contributed by atoms with van der Waals surface area (Å²) in [7, 11) is 4.12. The monoisotopic (exact) mass is 420 g/mol. The summed E-state index contributed by atoms with van der Waals surface area (Å²) in [6.07, 6.45) is 0.642. The van der Waals surface area contributed by atoms with E-state index in [2.05, 4.69) is 76.5 Å². The van der Waals surface area contributed by atoms with E-state index in [0.717, 1.165) is 16.9 Å². The molecule has 0 aliphatic rings. The van der Waals surface area contributed by atoms with Gasteiger partial charge in [-0.15, -0.1) is 11.3 Å². The summed E-state index contributed by atoms with van der Waals surface area (Å²) in [5.41, 5.74) is 4.04. The summed E-state index contributed by atoms with van der Waals surface area (Å²) in [4.78, 5) is 18.3. The molecule has 0 saturated heterocycles. The van der Waals surface area contributed by atoms with Crippen molar-refractivity contribution in [2.75, 3.05) is 29.0 Å². The van der Waals surface area contributed by atoms with Crippen LogP contribution in [0.4, 0.5) is 16.5 Å². The fraction of sp³-hybridized carbons (Fsp3) is 0.0909. The van der Waals surface area contributed by atoms with E-state index in [1.807, 2.05) is 23.6 Å². The zero-order chi connectivity index (χ0) is 20.2. The second kappa shape index (κ2) is 8.55. The van der Waals surface area contributed by atoms with Gasteiger partial charge < -0.3 is 14.9 Å². The molecule has 0 saturated carbocycles. The first-order chi connectivity index (χ1) is 14.2. The standard InChI is InChI=1S/C22H20N4OS2/c1-26(2)20-10-4-9-18-17(20)8-5-11-21(18)29-25-16-7-3-6-15(12-16)19-13-28-22(24-19)23-14-27/h3-14,25H,1-2H3,(H,23,24,27). The van der Waals surface area contributed by atoms with Crippen LogP contribution < -0.4 is 14.9 Å². The van der Waals surface area contributed by atoms with Crippen LogP contribution in [0.3, 0.4) is 0 Å². The Kier molecular flexibility index (Phi) is 5.69. The van der Waals surface area contributed by atoms with Crippen LogP contribution in [0.5, 0.6) is 0 Å². The highest BCUT2D eigenvalue weighted by molar-refractivity contribution is 8.00. The number of anilines is 3. The van der Waals surface area contributed by atoms with E-state index in [-0.39, 0.29) is 0 Å². The number of nitrogens with zero attached hydrogens (tertiary/aromatic N) is 2. The van der Waals surface area contributed by atoms with Crippen LogP contribution in [0.25, 0.3) is 22.0 Å². The van der Waals surface area contributed by atoms with Crippen molar-refractivity contribution < 1.29 is 4.79 Å². The van der Waals surface area contributed by atoms with Gasteiger partial charge in [0.25, 0.3) is 0 Å². The van der Waals surface area contributed by atoms with Crippen LogP contribution in [-0.2, 0) is 4.79 Å². The molecule has 29 heavy (non-hydrogen) atoms. The molecule has 0 aliphatic heterocycles. The molecular formula is C22H20N4OS2. The lowest BCUT2D eigenvalue weighted by molar-refractivity contribution is -0.105. The summed E-state index contributed by atoms with van der Waals surface area (Å²) in [5.74, 6) is 0. The number of rotatable bonds is 7. The number of amides is 1. The van der Waals surface area contributed by atoms with E-state index >= 15 is 0 Å². The van der Waals surface area contributed by atoms with Crippen molar-refractivity contribution in [1.29, 1.82) is 0 Å². The fourth-order valence-corrected chi connectivity index (χ4v) is 4.59. The van der Waals surface area contributed by atoms with Crippen LogP contribution in [0.1, 0.15) is 0 Å². The Labute approximate surface area is 177 Å². The number of nitrogens with one attached hydrogen (secondary N) is 2. The van der Waals surface area contributed by atoms with E-state index in [0.29, 0.717) is 11.5 Å². The van der Waals surface area contributed by atoms with Gasteiger partial charge in [-0.2, -0.15) is 0 Å². The highest BCUT2D eigenvalue weighted by Gasteiger charge is 2.08. The molecule has 1 heterocycles.